The van der Waals surface area contributed by atoms with E-state index in [-0.39, 0.29) is 0 Å². The van der Waals surface area contributed by atoms with Gasteiger partial charge in [-0.1, -0.05) is 23.8 Å². The second-order valence-electron chi connectivity index (χ2n) is 4.72. The summed E-state index contributed by atoms with van der Waals surface area (Å²) in [6.45, 7) is 2.06. The minimum atomic E-state index is -0.651. The smallest absolute Gasteiger partial charge is 0.128 e. The summed E-state index contributed by atoms with van der Waals surface area (Å²) >= 11 is 1.61. The van der Waals surface area contributed by atoms with Gasteiger partial charge >= 0.3 is 0 Å². The van der Waals surface area contributed by atoms with Crippen LogP contribution >= 0.6 is 11.8 Å². The van der Waals surface area contributed by atoms with Gasteiger partial charge in [0.2, 0.25) is 0 Å². The summed E-state index contributed by atoms with van der Waals surface area (Å²) in [4.78, 5) is 1.14. The highest BCUT2D eigenvalue weighted by molar-refractivity contribution is 7.99. The number of ether oxygens (including phenoxy) is 2. The molecule has 0 saturated heterocycles. The maximum atomic E-state index is 10.5. The van der Waals surface area contributed by atoms with E-state index < -0.39 is 6.10 Å². The van der Waals surface area contributed by atoms with Gasteiger partial charge in [0.1, 0.15) is 11.5 Å². The number of methoxy groups -OCH3 is 2. The summed E-state index contributed by atoms with van der Waals surface area (Å²) in [5.41, 5.74) is 1.91. The summed E-state index contributed by atoms with van der Waals surface area (Å²) in [6, 6.07) is 13.7. The number of hydrogen-bond acceptors (Lipinski definition) is 4. The van der Waals surface area contributed by atoms with Crippen LogP contribution in [0.5, 0.6) is 11.5 Å². The van der Waals surface area contributed by atoms with E-state index in [0.717, 1.165) is 4.90 Å². The predicted molar refractivity (Wildman–Crippen MR) is 86.4 cm³/mol. The lowest BCUT2D eigenvalue weighted by molar-refractivity contribution is 0.193. The van der Waals surface area contributed by atoms with Crippen molar-refractivity contribution in [3.63, 3.8) is 0 Å². The standard InChI is InChI=1S/C17H20O3S/c1-12-6-4-7-13(10-12)21-11-14(18)17-15(19-2)8-5-9-16(17)20-3/h4-10,14,18H,11H2,1-3H3. The number of aryl methyl sites for hydroxylation is 1. The fourth-order valence-electron chi connectivity index (χ4n) is 2.17. The van der Waals surface area contributed by atoms with Crippen LogP contribution in [0.15, 0.2) is 47.4 Å². The third kappa shape index (κ3) is 3.93. The Labute approximate surface area is 129 Å². The number of hydrogen-bond donors (Lipinski definition) is 1. The molecule has 0 aliphatic rings. The van der Waals surface area contributed by atoms with Crippen molar-refractivity contribution in [2.24, 2.45) is 0 Å². The lowest BCUT2D eigenvalue weighted by Crippen LogP contribution is -2.05. The van der Waals surface area contributed by atoms with Crippen LogP contribution in [0.2, 0.25) is 0 Å². The molecule has 0 spiro atoms. The summed E-state index contributed by atoms with van der Waals surface area (Å²) in [5.74, 6) is 1.83. The molecule has 0 fully saturated rings. The van der Waals surface area contributed by atoms with E-state index in [1.807, 2.05) is 30.3 Å². The topological polar surface area (TPSA) is 38.7 Å². The Kier molecular flexibility index (Phi) is 5.53. The van der Waals surface area contributed by atoms with Crippen LogP contribution in [0.1, 0.15) is 17.2 Å². The Bertz CT molecular complexity index is 576. The highest BCUT2D eigenvalue weighted by Gasteiger charge is 2.18. The van der Waals surface area contributed by atoms with Crippen LogP contribution in [0, 0.1) is 6.92 Å². The van der Waals surface area contributed by atoms with Crippen molar-refractivity contribution in [1.82, 2.24) is 0 Å². The minimum Gasteiger partial charge on any atom is -0.496 e. The van der Waals surface area contributed by atoms with Crippen LogP contribution in [-0.2, 0) is 0 Å². The maximum Gasteiger partial charge on any atom is 0.128 e. The quantitative estimate of drug-likeness (QED) is 0.823. The van der Waals surface area contributed by atoms with E-state index in [2.05, 4.69) is 19.1 Å². The van der Waals surface area contributed by atoms with E-state index in [1.165, 1.54) is 5.56 Å². The van der Waals surface area contributed by atoms with Crippen molar-refractivity contribution in [3.05, 3.63) is 53.6 Å². The van der Waals surface area contributed by atoms with Gasteiger partial charge < -0.3 is 14.6 Å². The van der Waals surface area contributed by atoms with E-state index in [9.17, 15) is 5.11 Å². The second-order valence-corrected chi connectivity index (χ2v) is 5.81. The van der Waals surface area contributed by atoms with Crippen molar-refractivity contribution < 1.29 is 14.6 Å². The van der Waals surface area contributed by atoms with Gasteiger partial charge in [0, 0.05) is 10.6 Å². The molecule has 0 aliphatic heterocycles. The molecule has 2 aromatic carbocycles. The first-order chi connectivity index (χ1) is 10.2. The Balaban J connectivity index is 2.15. The molecule has 112 valence electrons. The molecule has 0 aliphatic carbocycles. The van der Waals surface area contributed by atoms with Crippen LogP contribution in [0.25, 0.3) is 0 Å². The van der Waals surface area contributed by atoms with Gasteiger partial charge in [-0.2, -0.15) is 0 Å². The molecule has 4 heteroatoms. The molecule has 21 heavy (non-hydrogen) atoms. The maximum absolute atomic E-state index is 10.5. The van der Waals surface area contributed by atoms with Crippen molar-refractivity contribution in [3.8, 4) is 11.5 Å². The molecular formula is C17H20O3S. The highest BCUT2D eigenvalue weighted by Crippen LogP contribution is 2.36. The third-order valence-corrected chi connectivity index (χ3v) is 4.27. The Morgan fingerprint density at radius 2 is 1.67 bits per heavy atom. The number of aliphatic hydroxyl groups excluding tert-OH is 1. The molecule has 1 unspecified atom stereocenters. The molecule has 0 amide bonds. The lowest BCUT2D eigenvalue weighted by Gasteiger charge is -2.17. The predicted octanol–water partition coefficient (Wildman–Crippen LogP) is 3.84. The first-order valence-electron chi connectivity index (χ1n) is 6.74. The fraction of sp³-hybridized carbons (Fsp3) is 0.294. The molecule has 0 bridgehead atoms. The van der Waals surface area contributed by atoms with E-state index in [0.29, 0.717) is 22.8 Å². The summed E-state index contributed by atoms with van der Waals surface area (Å²) in [6.07, 6.45) is -0.651. The summed E-state index contributed by atoms with van der Waals surface area (Å²) in [5, 5.41) is 10.5. The largest absolute Gasteiger partial charge is 0.496 e. The minimum absolute atomic E-state index is 0.542. The molecule has 2 rings (SSSR count). The monoisotopic (exact) mass is 304 g/mol. The molecule has 0 aromatic heterocycles. The van der Waals surface area contributed by atoms with E-state index in [1.54, 1.807) is 26.0 Å². The zero-order chi connectivity index (χ0) is 15.2. The van der Waals surface area contributed by atoms with Gasteiger partial charge in [-0.05, 0) is 31.2 Å². The zero-order valence-corrected chi connectivity index (χ0v) is 13.3. The Morgan fingerprint density at radius 1 is 1.05 bits per heavy atom. The molecule has 0 heterocycles. The van der Waals surface area contributed by atoms with Crippen LogP contribution in [-0.4, -0.2) is 25.1 Å². The number of thioether (sulfide) groups is 1. The number of benzene rings is 2. The van der Waals surface area contributed by atoms with Crippen LogP contribution in [0.3, 0.4) is 0 Å². The van der Waals surface area contributed by atoms with Gasteiger partial charge in [-0.3, -0.25) is 0 Å². The summed E-state index contributed by atoms with van der Waals surface area (Å²) in [7, 11) is 3.19. The van der Waals surface area contributed by atoms with E-state index >= 15 is 0 Å². The summed E-state index contributed by atoms with van der Waals surface area (Å²) < 4.78 is 10.7. The molecule has 1 atom stereocenters. The third-order valence-electron chi connectivity index (χ3n) is 3.20. The van der Waals surface area contributed by atoms with Gasteiger partial charge in [-0.25, -0.2) is 0 Å². The van der Waals surface area contributed by atoms with Crippen molar-refractivity contribution >= 4 is 11.8 Å². The normalized spacial score (nSPS) is 12.0. The van der Waals surface area contributed by atoms with Crippen LogP contribution < -0.4 is 9.47 Å². The zero-order valence-electron chi connectivity index (χ0n) is 12.5. The van der Waals surface area contributed by atoms with E-state index in [4.69, 9.17) is 9.47 Å². The van der Waals surface area contributed by atoms with Gasteiger partial charge in [0.05, 0.1) is 25.9 Å². The van der Waals surface area contributed by atoms with Gasteiger partial charge in [-0.15, -0.1) is 11.8 Å². The Hall–Kier alpha value is -1.65. The number of aliphatic hydroxyl groups is 1. The molecule has 0 saturated carbocycles. The lowest BCUT2D eigenvalue weighted by atomic mass is 10.1. The second kappa shape index (κ2) is 7.38. The molecular weight excluding hydrogens is 284 g/mol. The molecule has 3 nitrogen and oxygen atoms in total. The highest BCUT2D eigenvalue weighted by atomic mass is 32.2. The average molecular weight is 304 g/mol. The molecule has 1 N–H and O–H groups in total. The Morgan fingerprint density at radius 3 is 2.24 bits per heavy atom. The first-order valence-corrected chi connectivity index (χ1v) is 7.72. The van der Waals surface area contributed by atoms with Crippen LogP contribution in [0.4, 0.5) is 0 Å². The molecule has 0 radical (unpaired) electrons. The first kappa shape index (κ1) is 15.7. The average Bonchev–Trinajstić information content (AvgIpc) is 2.51. The van der Waals surface area contributed by atoms with Gasteiger partial charge in [0.15, 0.2) is 0 Å². The fourth-order valence-corrected chi connectivity index (χ4v) is 3.13. The number of rotatable bonds is 6. The van der Waals surface area contributed by atoms with Crippen molar-refractivity contribution in [2.75, 3.05) is 20.0 Å². The van der Waals surface area contributed by atoms with Gasteiger partial charge in [0.25, 0.3) is 0 Å². The SMILES string of the molecule is COc1cccc(OC)c1C(O)CSc1cccc(C)c1. The van der Waals surface area contributed by atoms with Crippen molar-refractivity contribution in [2.45, 2.75) is 17.9 Å². The van der Waals surface area contributed by atoms with Crippen molar-refractivity contribution in [1.29, 1.82) is 0 Å². The molecule has 2 aromatic rings.